The van der Waals surface area contributed by atoms with E-state index in [0.29, 0.717) is 11.4 Å². The van der Waals surface area contributed by atoms with Crippen molar-refractivity contribution in [3.05, 3.63) is 42.9 Å². The Kier molecular flexibility index (Phi) is 2.37. The lowest BCUT2D eigenvalue weighted by atomic mass is 10.2. The van der Waals surface area contributed by atoms with E-state index in [4.69, 9.17) is 10.5 Å². The summed E-state index contributed by atoms with van der Waals surface area (Å²) in [6.07, 6.45) is 3.48. The van der Waals surface area contributed by atoms with Gasteiger partial charge in [0.25, 0.3) is 0 Å². The van der Waals surface area contributed by atoms with Gasteiger partial charge in [0.1, 0.15) is 17.6 Å². The molecule has 90 valence electrons. The second-order valence-electron chi connectivity index (χ2n) is 3.89. The molecule has 2 N–H and O–H groups in total. The van der Waals surface area contributed by atoms with E-state index in [1.54, 1.807) is 19.6 Å². The standard InChI is InChI=1S/C13H12N4O/c1-18-12-5-4-9(7-10(12)14)17-8-16-11-3-2-6-15-13(11)17/h2-8H,14H2,1H3. The molecule has 1 aromatic carbocycles. The van der Waals surface area contributed by atoms with Gasteiger partial charge in [-0.3, -0.25) is 4.57 Å². The number of methoxy groups -OCH3 is 1. The second-order valence-corrected chi connectivity index (χ2v) is 3.89. The van der Waals surface area contributed by atoms with Crippen LogP contribution in [0.15, 0.2) is 42.9 Å². The van der Waals surface area contributed by atoms with Gasteiger partial charge in [-0.2, -0.15) is 0 Å². The van der Waals surface area contributed by atoms with Crippen LogP contribution in [0.5, 0.6) is 5.75 Å². The summed E-state index contributed by atoms with van der Waals surface area (Å²) in [5.74, 6) is 0.663. The molecule has 0 saturated heterocycles. The van der Waals surface area contributed by atoms with Crippen LogP contribution in [0.4, 0.5) is 5.69 Å². The highest BCUT2D eigenvalue weighted by atomic mass is 16.5. The third-order valence-electron chi connectivity index (χ3n) is 2.80. The maximum Gasteiger partial charge on any atom is 0.164 e. The van der Waals surface area contributed by atoms with Gasteiger partial charge in [-0.1, -0.05) is 0 Å². The van der Waals surface area contributed by atoms with Gasteiger partial charge >= 0.3 is 0 Å². The van der Waals surface area contributed by atoms with Crippen molar-refractivity contribution in [3.8, 4) is 11.4 Å². The van der Waals surface area contributed by atoms with Crippen molar-refractivity contribution in [2.24, 2.45) is 0 Å². The van der Waals surface area contributed by atoms with E-state index in [1.807, 2.05) is 34.9 Å². The van der Waals surface area contributed by atoms with Gasteiger partial charge < -0.3 is 10.5 Å². The Morgan fingerprint density at radius 2 is 2.11 bits per heavy atom. The summed E-state index contributed by atoms with van der Waals surface area (Å²) in [5, 5.41) is 0. The minimum absolute atomic E-state index is 0.591. The Hall–Kier alpha value is -2.56. The number of nitrogens with two attached hydrogens (primary N) is 1. The van der Waals surface area contributed by atoms with E-state index in [9.17, 15) is 0 Å². The monoisotopic (exact) mass is 240 g/mol. The molecule has 0 fully saturated rings. The molecule has 0 amide bonds. The molecule has 0 saturated carbocycles. The lowest BCUT2D eigenvalue weighted by Gasteiger charge is -2.08. The highest BCUT2D eigenvalue weighted by Gasteiger charge is 2.07. The maximum absolute atomic E-state index is 5.90. The molecule has 0 bridgehead atoms. The summed E-state index contributed by atoms with van der Waals surface area (Å²) in [7, 11) is 1.60. The van der Waals surface area contributed by atoms with Gasteiger partial charge in [0.05, 0.1) is 18.5 Å². The second kappa shape index (κ2) is 4.03. The number of nitrogens with zero attached hydrogens (tertiary/aromatic N) is 3. The summed E-state index contributed by atoms with van der Waals surface area (Å²) >= 11 is 0. The molecular weight excluding hydrogens is 228 g/mol. The zero-order chi connectivity index (χ0) is 12.5. The quantitative estimate of drug-likeness (QED) is 0.696. The molecule has 0 aliphatic heterocycles. The molecule has 3 aromatic rings. The largest absolute Gasteiger partial charge is 0.495 e. The van der Waals surface area contributed by atoms with Crippen molar-refractivity contribution in [2.45, 2.75) is 0 Å². The third kappa shape index (κ3) is 1.57. The predicted molar refractivity (Wildman–Crippen MR) is 69.8 cm³/mol. The minimum Gasteiger partial charge on any atom is -0.495 e. The Labute approximate surface area is 104 Å². The van der Waals surface area contributed by atoms with Gasteiger partial charge in [-0.05, 0) is 30.3 Å². The number of pyridine rings is 1. The van der Waals surface area contributed by atoms with E-state index >= 15 is 0 Å². The van der Waals surface area contributed by atoms with Gasteiger partial charge in [-0.15, -0.1) is 0 Å². The van der Waals surface area contributed by atoms with Crippen LogP contribution < -0.4 is 10.5 Å². The summed E-state index contributed by atoms with van der Waals surface area (Å²) in [5.41, 5.74) is 9.07. The molecule has 5 heteroatoms. The van der Waals surface area contributed by atoms with Crippen molar-refractivity contribution in [2.75, 3.05) is 12.8 Å². The topological polar surface area (TPSA) is 66.0 Å². The first kappa shape index (κ1) is 10.6. The van der Waals surface area contributed by atoms with Crippen molar-refractivity contribution < 1.29 is 4.74 Å². The van der Waals surface area contributed by atoms with E-state index in [-0.39, 0.29) is 0 Å². The number of imidazole rings is 1. The number of aromatic nitrogens is 3. The smallest absolute Gasteiger partial charge is 0.164 e. The Morgan fingerprint density at radius 3 is 2.89 bits per heavy atom. The molecule has 0 radical (unpaired) electrons. The molecule has 0 spiro atoms. The molecule has 18 heavy (non-hydrogen) atoms. The first-order valence-corrected chi connectivity index (χ1v) is 5.51. The van der Waals surface area contributed by atoms with Crippen LogP contribution in [0.1, 0.15) is 0 Å². The average molecular weight is 240 g/mol. The SMILES string of the molecule is COc1ccc(-n2cnc3cccnc32)cc1N. The van der Waals surface area contributed by atoms with Crippen molar-refractivity contribution in [1.29, 1.82) is 0 Å². The number of rotatable bonds is 2. The van der Waals surface area contributed by atoms with Gasteiger partial charge in [0.2, 0.25) is 0 Å². The van der Waals surface area contributed by atoms with Crippen molar-refractivity contribution in [3.63, 3.8) is 0 Å². The number of hydrogen-bond acceptors (Lipinski definition) is 4. The number of fused-ring (bicyclic) bond motifs is 1. The van der Waals surface area contributed by atoms with Crippen LogP contribution in [-0.2, 0) is 0 Å². The highest BCUT2D eigenvalue weighted by molar-refractivity contribution is 5.73. The molecule has 0 atom stereocenters. The molecule has 2 heterocycles. The number of benzene rings is 1. The number of nitrogen functional groups attached to an aromatic ring is 1. The number of anilines is 1. The molecule has 0 unspecified atom stereocenters. The zero-order valence-corrected chi connectivity index (χ0v) is 9.87. The molecule has 0 aliphatic rings. The fourth-order valence-electron chi connectivity index (χ4n) is 1.91. The summed E-state index contributed by atoms with van der Waals surface area (Å²) in [6.45, 7) is 0. The fraction of sp³-hybridized carbons (Fsp3) is 0.0769. The Balaban J connectivity index is 2.17. The van der Waals surface area contributed by atoms with Crippen LogP contribution in [0.3, 0.4) is 0 Å². The lowest BCUT2D eigenvalue weighted by molar-refractivity contribution is 0.417. The van der Waals surface area contributed by atoms with Crippen LogP contribution in [0.2, 0.25) is 0 Å². The van der Waals surface area contributed by atoms with E-state index in [1.165, 1.54) is 0 Å². The molecule has 0 aliphatic carbocycles. The van der Waals surface area contributed by atoms with Gasteiger partial charge in [0.15, 0.2) is 5.65 Å². The first-order valence-electron chi connectivity index (χ1n) is 5.51. The molecule has 5 nitrogen and oxygen atoms in total. The summed E-state index contributed by atoms with van der Waals surface area (Å²) in [6, 6.07) is 9.38. The fourth-order valence-corrected chi connectivity index (χ4v) is 1.91. The van der Waals surface area contributed by atoms with Crippen LogP contribution in [-0.4, -0.2) is 21.6 Å². The first-order chi connectivity index (χ1) is 8.79. The number of hydrogen-bond donors (Lipinski definition) is 1. The third-order valence-corrected chi connectivity index (χ3v) is 2.80. The van der Waals surface area contributed by atoms with E-state index in [0.717, 1.165) is 16.9 Å². The highest BCUT2D eigenvalue weighted by Crippen LogP contribution is 2.25. The molecule has 2 aromatic heterocycles. The zero-order valence-electron chi connectivity index (χ0n) is 9.87. The van der Waals surface area contributed by atoms with Gasteiger partial charge in [0, 0.05) is 6.20 Å². The Bertz CT molecular complexity index is 705. The van der Waals surface area contributed by atoms with Crippen LogP contribution in [0.25, 0.3) is 16.9 Å². The molecular formula is C13H12N4O. The Morgan fingerprint density at radius 1 is 1.22 bits per heavy atom. The molecule has 3 rings (SSSR count). The van der Waals surface area contributed by atoms with Crippen LogP contribution >= 0.6 is 0 Å². The average Bonchev–Trinajstić information content (AvgIpc) is 2.82. The van der Waals surface area contributed by atoms with Crippen molar-refractivity contribution >= 4 is 16.9 Å². The summed E-state index contributed by atoms with van der Waals surface area (Å²) in [4.78, 5) is 8.61. The normalized spacial score (nSPS) is 10.7. The van der Waals surface area contributed by atoms with Crippen molar-refractivity contribution in [1.82, 2.24) is 14.5 Å². The maximum atomic E-state index is 5.90. The predicted octanol–water partition coefficient (Wildman–Crippen LogP) is 2.01. The number of ether oxygens (including phenoxy) is 1. The minimum atomic E-state index is 0.591. The van der Waals surface area contributed by atoms with E-state index < -0.39 is 0 Å². The van der Waals surface area contributed by atoms with Crippen LogP contribution in [0, 0.1) is 0 Å². The van der Waals surface area contributed by atoms with E-state index in [2.05, 4.69) is 9.97 Å². The lowest BCUT2D eigenvalue weighted by Crippen LogP contribution is -1.97. The summed E-state index contributed by atoms with van der Waals surface area (Å²) < 4.78 is 7.03. The van der Waals surface area contributed by atoms with Gasteiger partial charge in [-0.25, -0.2) is 9.97 Å².